The zero-order valence-electron chi connectivity index (χ0n) is 9.28. The second-order valence-electron chi connectivity index (χ2n) is 3.60. The molecule has 0 radical (unpaired) electrons. The van der Waals surface area contributed by atoms with Gasteiger partial charge in [0.15, 0.2) is 0 Å². The maximum Gasteiger partial charge on any atom is 0.323 e. The van der Waals surface area contributed by atoms with Gasteiger partial charge in [0, 0.05) is 14.9 Å². The predicted octanol–water partition coefficient (Wildman–Crippen LogP) is 4.07. The Bertz CT molecular complexity index is 557. The summed E-state index contributed by atoms with van der Waals surface area (Å²) in [7, 11) is 0. The molecule has 0 saturated carbocycles. The molecule has 3 nitrogen and oxygen atoms in total. The number of carbonyl (C=O) groups excluding carboxylic acids is 1. The molecule has 0 aliphatic heterocycles. The summed E-state index contributed by atoms with van der Waals surface area (Å²) in [6.07, 6.45) is 0. The number of rotatable bonds is 2. The third-order valence-corrected chi connectivity index (χ3v) is 2.90. The van der Waals surface area contributed by atoms with Crippen LogP contribution >= 0.6 is 22.6 Å². The molecule has 5 heteroatoms. The SMILES string of the molecule is O=C(Nc1ccc(I)cc1)Nc1cccc(F)c1. The first-order valence-corrected chi connectivity index (χ1v) is 6.30. The lowest BCUT2D eigenvalue weighted by Crippen LogP contribution is -2.19. The number of nitrogens with one attached hydrogen (secondary N) is 2. The monoisotopic (exact) mass is 356 g/mol. The minimum absolute atomic E-state index is 0.387. The fraction of sp³-hybridized carbons (Fsp3) is 0. The van der Waals surface area contributed by atoms with E-state index in [1.165, 1.54) is 18.2 Å². The predicted molar refractivity (Wildman–Crippen MR) is 78.2 cm³/mol. The first-order chi connectivity index (χ1) is 8.63. The summed E-state index contributed by atoms with van der Waals surface area (Å²) in [6, 6.07) is 12.7. The molecule has 2 amide bonds. The molecule has 0 aliphatic rings. The molecule has 0 heterocycles. The van der Waals surface area contributed by atoms with Gasteiger partial charge in [0.1, 0.15) is 5.82 Å². The van der Waals surface area contributed by atoms with E-state index in [4.69, 9.17) is 0 Å². The molecule has 2 aromatic rings. The molecular weight excluding hydrogens is 346 g/mol. The third-order valence-electron chi connectivity index (χ3n) is 2.18. The van der Waals surface area contributed by atoms with E-state index in [-0.39, 0.29) is 5.82 Å². The van der Waals surface area contributed by atoms with Gasteiger partial charge in [-0.05, 0) is 65.1 Å². The van der Waals surface area contributed by atoms with Crippen LogP contribution in [0, 0.1) is 9.39 Å². The van der Waals surface area contributed by atoms with Gasteiger partial charge in [-0.15, -0.1) is 0 Å². The van der Waals surface area contributed by atoms with Crippen LogP contribution in [-0.4, -0.2) is 6.03 Å². The van der Waals surface area contributed by atoms with E-state index in [1.54, 1.807) is 18.2 Å². The van der Waals surface area contributed by atoms with E-state index in [0.717, 1.165) is 3.57 Å². The number of halogens is 2. The van der Waals surface area contributed by atoms with Gasteiger partial charge in [-0.25, -0.2) is 9.18 Å². The van der Waals surface area contributed by atoms with Crippen LogP contribution in [0.25, 0.3) is 0 Å². The summed E-state index contributed by atoms with van der Waals surface area (Å²) in [5, 5.41) is 5.22. The number of urea groups is 1. The lowest BCUT2D eigenvalue weighted by atomic mass is 10.3. The second-order valence-corrected chi connectivity index (χ2v) is 4.84. The second kappa shape index (κ2) is 5.81. The fourth-order valence-corrected chi connectivity index (χ4v) is 1.75. The van der Waals surface area contributed by atoms with Crippen molar-refractivity contribution in [3.05, 3.63) is 57.9 Å². The Labute approximate surface area is 118 Å². The van der Waals surface area contributed by atoms with Crippen LogP contribution in [0.1, 0.15) is 0 Å². The summed E-state index contributed by atoms with van der Waals surface area (Å²) in [5.41, 5.74) is 1.10. The average molecular weight is 356 g/mol. The smallest absolute Gasteiger partial charge is 0.308 e. The average Bonchev–Trinajstić information content (AvgIpc) is 2.32. The molecule has 2 N–H and O–H groups in total. The van der Waals surface area contributed by atoms with Gasteiger partial charge >= 0.3 is 6.03 Å². The van der Waals surface area contributed by atoms with Crippen LogP contribution in [0.5, 0.6) is 0 Å². The van der Waals surface area contributed by atoms with Crippen molar-refractivity contribution in [1.29, 1.82) is 0 Å². The fourth-order valence-electron chi connectivity index (χ4n) is 1.39. The zero-order chi connectivity index (χ0) is 13.0. The van der Waals surface area contributed by atoms with E-state index in [1.807, 2.05) is 12.1 Å². The maximum absolute atomic E-state index is 12.9. The number of hydrogen-bond acceptors (Lipinski definition) is 1. The van der Waals surface area contributed by atoms with Crippen molar-refractivity contribution in [2.75, 3.05) is 10.6 Å². The van der Waals surface area contributed by atoms with Crippen molar-refractivity contribution in [2.45, 2.75) is 0 Å². The number of amides is 2. The lowest BCUT2D eigenvalue weighted by Gasteiger charge is -2.07. The third kappa shape index (κ3) is 3.69. The van der Waals surface area contributed by atoms with E-state index in [2.05, 4.69) is 33.2 Å². The molecule has 0 saturated heterocycles. The quantitative estimate of drug-likeness (QED) is 0.783. The summed E-state index contributed by atoms with van der Waals surface area (Å²) >= 11 is 2.18. The topological polar surface area (TPSA) is 41.1 Å². The largest absolute Gasteiger partial charge is 0.323 e. The molecule has 0 aliphatic carbocycles. The molecule has 0 bridgehead atoms. The van der Waals surface area contributed by atoms with E-state index in [0.29, 0.717) is 11.4 Å². The Kier molecular flexibility index (Phi) is 4.14. The van der Waals surface area contributed by atoms with Gasteiger partial charge in [0.2, 0.25) is 0 Å². The Morgan fingerprint density at radius 3 is 2.33 bits per heavy atom. The van der Waals surface area contributed by atoms with Crippen LogP contribution in [0.2, 0.25) is 0 Å². The van der Waals surface area contributed by atoms with Crippen LogP contribution in [0.4, 0.5) is 20.6 Å². The zero-order valence-corrected chi connectivity index (χ0v) is 11.4. The first-order valence-electron chi connectivity index (χ1n) is 5.22. The van der Waals surface area contributed by atoms with Gasteiger partial charge in [-0.2, -0.15) is 0 Å². The van der Waals surface area contributed by atoms with Crippen LogP contribution in [0.3, 0.4) is 0 Å². The summed E-state index contributed by atoms with van der Waals surface area (Å²) < 4.78 is 14.0. The van der Waals surface area contributed by atoms with Crippen molar-refractivity contribution >= 4 is 40.0 Å². The number of hydrogen-bond donors (Lipinski definition) is 2. The van der Waals surface area contributed by atoms with Crippen molar-refractivity contribution < 1.29 is 9.18 Å². The summed E-state index contributed by atoms with van der Waals surface area (Å²) in [4.78, 5) is 11.6. The van der Waals surface area contributed by atoms with Crippen LogP contribution < -0.4 is 10.6 Å². The number of carbonyl (C=O) groups is 1. The van der Waals surface area contributed by atoms with Crippen molar-refractivity contribution in [1.82, 2.24) is 0 Å². The van der Waals surface area contributed by atoms with Gasteiger partial charge in [-0.1, -0.05) is 6.07 Å². The van der Waals surface area contributed by atoms with E-state index >= 15 is 0 Å². The standard InChI is InChI=1S/C13H10FIN2O/c14-9-2-1-3-12(8-9)17-13(18)16-11-6-4-10(15)5-7-11/h1-8H,(H2,16,17,18). The van der Waals surface area contributed by atoms with Gasteiger partial charge in [0.25, 0.3) is 0 Å². The summed E-state index contributed by atoms with van der Waals surface area (Å²) in [6.45, 7) is 0. The lowest BCUT2D eigenvalue weighted by molar-refractivity contribution is 0.262. The van der Waals surface area contributed by atoms with Crippen molar-refractivity contribution in [3.8, 4) is 0 Å². The van der Waals surface area contributed by atoms with Crippen LogP contribution in [-0.2, 0) is 0 Å². The minimum atomic E-state index is -0.401. The molecule has 0 aromatic heterocycles. The summed E-state index contributed by atoms with van der Waals surface area (Å²) in [5.74, 6) is -0.387. The molecule has 0 fully saturated rings. The van der Waals surface area contributed by atoms with Gasteiger partial charge < -0.3 is 10.6 Å². The van der Waals surface area contributed by atoms with Gasteiger partial charge in [-0.3, -0.25) is 0 Å². The molecule has 0 spiro atoms. The Hall–Kier alpha value is -1.63. The normalized spacial score (nSPS) is 9.89. The van der Waals surface area contributed by atoms with Gasteiger partial charge in [0.05, 0.1) is 0 Å². The highest BCUT2D eigenvalue weighted by Crippen LogP contribution is 2.13. The molecular formula is C13H10FIN2O. The van der Waals surface area contributed by atoms with Crippen molar-refractivity contribution in [3.63, 3.8) is 0 Å². The van der Waals surface area contributed by atoms with E-state index in [9.17, 15) is 9.18 Å². The highest BCUT2D eigenvalue weighted by molar-refractivity contribution is 14.1. The molecule has 92 valence electrons. The minimum Gasteiger partial charge on any atom is -0.308 e. The van der Waals surface area contributed by atoms with E-state index < -0.39 is 6.03 Å². The van der Waals surface area contributed by atoms with Crippen LogP contribution in [0.15, 0.2) is 48.5 Å². The number of benzene rings is 2. The number of anilines is 2. The molecule has 0 unspecified atom stereocenters. The highest BCUT2D eigenvalue weighted by Gasteiger charge is 2.03. The molecule has 2 rings (SSSR count). The Morgan fingerprint density at radius 1 is 1.00 bits per heavy atom. The molecule has 18 heavy (non-hydrogen) atoms. The Balaban J connectivity index is 1.98. The first kappa shape index (κ1) is 12.8. The molecule has 2 aromatic carbocycles. The maximum atomic E-state index is 12.9. The Morgan fingerprint density at radius 2 is 1.67 bits per heavy atom. The molecule has 0 atom stereocenters. The highest BCUT2D eigenvalue weighted by atomic mass is 127. The van der Waals surface area contributed by atoms with Crippen molar-refractivity contribution in [2.24, 2.45) is 0 Å².